The number of hydrogen-bond acceptors (Lipinski definition) is 0. The van der Waals surface area contributed by atoms with E-state index in [1.54, 1.807) is 32.1 Å². The molecule has 0 spiro atoms. The van der Waals surface area contributed by atoms with Crippen LogP contribution in [0, 0.1) is 22.7 Å². The van der Waals surface area contributed by atoms with Gasteiger partial charge >= 0.3 is 0 Å². The van der Waals surface area contributed by atoms with Gasteiger partial charge in [-0.2, -0.15) is 0 Å². The van der Waals surface area contributed by atoms with Crippen molar-refractivity contribution in [1.29, 1.82) is 0 Å². The maximum absolute atomic E-state index is 2.59. The highest BCUT2D eigenvalue weighted by molar-refractivity contribution is 4.91. The summed E-state index contributed by atoms with van der Waals surface area (Å²) in [5, 5.41) is 0. The molecule has 0 radical (unpaired) electrons. The zero-order valence-corrected chi connectivity index (χ0v) is 11.9. The second-order valence-electron chi connectivity index (χ2n) is 8.28. The molecule has 17 heavy (non-hydrogen) atoms. The molecule has 0 N–H and O–H groups in total. The van der Waals surface area contributed by atoms with Crippen LogP contribution >= 0.6 is 0 Å². The average molecular weight is 234 g/mol. The van der Waals surface area contributed by atoms with E-state index in [1.807, 2.05) is 0 Å². The number of rotatable bonds is 0. The van der Waals surface area contributed by atoms with Gasteiger partial charge in [0.05, 0.1) is 0 Å². The molecule has 0 amide bonds. The van der Waals surface area contributed by atoms with Gasteiger partial charge in [-0.1, -0.05) is 33.1 Å². The van der Waals surface area contributed by atoms with E-state index < -0.39 is 0 Å². The number of hydrogen-bond donors (Lipinski definition) is 0. The number of fused-ring (bicyclic) bond motifs is 4. The van der Waals surface area contributed by atoms with Gasteiger partial charge in [0, 0.05) is 0 Å². The van der Waals surface area contributed by atoms with Crippen molar-refractivity contribution in [3.8, 4) is 0 Å². The Labute approximate surface area is 108 Å². The molecule has 0 aromatic rings. The van der Waals surface area contributed by atoms with E-state index in [2.05, 4.69) is 13.8 Å². The van der Waals surface area contributed by atoms with E-state index >= 15 is 0 Å². The summed E-state index contributed by atoms with van der Waals surface area (Å²) in [6, 6.07) is 0. The van der Waals surface area contributed by atoms with Gasteiger partial charge in [-0.3, -0.25) is 0 Å². The fourth-order valence-corrected chi connectivity index (χ4v) is 5.44. The summed E-state index contributed by atoms with van der Waals surface area (Å²) in [5.74, 6) is 2.17. The Morgan fingerprint density at radius 2 is 1.29 bits per heavy atom. The molecular formula is C17H30. The lowest BCUT2D eigenvalue weighted by atomic mass is 9.65. The molecule has 3 fully saturated rings. The Morgan fingerprint density at radius 1 is 0.706 bits per heavy atom. The Hall–Kier alpha value is 0. The van der Waals surface area contributed by atoms with Gasteiger partial charge in [-0.25, -0.2) is 0 Å². The van der Waals surface area contributed by atoms with Crippen molar-refractivity contribution in [2.75, 3.05) is 0 Å². The molecule has 3 aliphatic carbocycles. The predicted molar refractivity (Wildman–Crippen MR) is 74.0 cm³/mol. The summed E-state index contributed by atoms with van der Waals surface area (Å²) >= 11 is 0. The van der Waals surface area contributed by atoms with Crippen molar-refractivity contribution in [3.63, 3.8) is 0 Å². The van der Waals surface area contributed by atoms with Gasteiger partial charge < -0.3 is 0 Å². The largest absolute Gasteiger partial charge is 0.0596 e. The quantitative estimate of drug-likeness (QED) is 0.514. The summed E-state index contributed by atoms with van der Waals surface area (Å²) in [6.07, 6.45) is 16.9. The monoisotopic (exact) mass is 234 g/mol. The Balaban J connectivity index is 1.75. The van der Waals surface area contributed by atoms with Gasteiger partial charge in [-0.15, -0.1) is 0 Å². The smallest absolute Gasteiger partial charge is 0.0323 e. The molecule has 0 aliphatic heterocycles. The van der Waals surface area contributed by atoms with Crippen LogP contribution in [0.4, 0.5) is 0 Å². The Morgan fingerprint density at radius 3 is 2.06 bits per heavy atom. The lowest BCUT2D eigenvalue weighted by molar-refractivity contribution is 0.110. The maximum atomic E-state index is 2.59. The Kier molecular flexibility index (Phi) is 3.04. The van der Waals surface area contributed by atoms with E-state index in [1.165, 1.54) is 38.5 Å². The lowest BCUT2D eigenvalue weighted by Crippen LogP contribution is -2.28. The third kappa shape index (κ3) is 2.56. The molecule has 3 saturated carbocycles. The van der Waals surface area contributed by atoms with Crippen LogP contribution in [0.15, 0.2) is 0 Å². The molecule has 0 aromatic heterocycles. The van der Waals surface area contributed by atoms with Crippen LogP contribution < -0.4 is 0 Å². The van der Waals surface area contributed by atoms with Crippen LogP contribution in [-0.4, -0.2) is 0 Å². The van der Waals surface area contributed by atoms with Crippen LogP contribution in [0.3, 0.4) is 0 Å². The van der Waals surface area contributed by atoms with Gasteiger partial charge in [0.25, 0.3) is 0 Å². The molecule has 0 heteroatoms. The van der Waals surface area contributed by atoms with Crippen molar-refractivity contribution in [3.05, 3.63) is 0 Å². The minimum atomic E-state index is 0.718. The summed E-state index contributed by atoms with van der Waals surface area (Å²) in [4.78, 5) is 0. The highest BCUT2D eigenvalue weighted by Crippen LogP contribution is 2.53. The fourth-order valence-electron chi connectivity index (χ4n) is 5.44. The first-order valence-electron chi connectivity index (χ1n) is 8.07. The first-order valence-corrected chi connectivity index (χ1v) is 8.07. The zero-order valence-electron chi connectivity index (χ0n) is 11.9. The topological polar surface area (TPSA) is 0 Å². The zero-order chi connectivity index (χ0) is 11.9. The second-order valence-corrected chi connectivity index (χ2v) is 8.28. The van der Waals surface area contributed by atoms with Gasteiger partial charge in [0.2, 0.25) is 0 Å². The van der Waals surface area contributed by atoms with Gasteiger partial charge in [-0.05, 0) is 74.0 Å². The van der Waals surface area contributed by atoms with E-state index in [9.17, 15) is 0 Å². The van der Waals surface area contributed by atoms with E-state index in [4.69, 9.17) is 0 Å². The summed E-state index contributed by atoms with van der Waals surface area (Å²) < 4.78 is 0. The normalized spacial score (nSPS) is 51.2. The van der Waals surface area contributed by atoms with Crippen LogP contribution in [-0.2, 0) is 0 Å². The summed E-state index contributed by atoms with van der Waals surface area (Å²) in [6.45, 7) is 5.16. The first-order chi connectivity index (χ1) is 8.07. The molecule has 0 aromatic carbocycles. The lowest BCUT2D eigenvalue weighted by Gasteiger charge is -2.41. The molecule has 3 aliphatic rings. The molecule has 4 atom stereocenters. The van der Waals surface area contributed by atoms with E-state index in [0.29, 0.717) is 0 Å². The molecular weight excluding hydrogens is 204 g/mol. The fraction of sp³-hybridized carbons (Fsp3) is 1.00. The Bertz CT molecular complexity index is 282. The third-order valence-corrected chi connectivity index (χ3v) is 6.34. The molecule has 0 nitrogen and oxygen atoms in total. The van der Waals surface area contributed by atoms with Crippen molar-refractivity contribution in [1.82, 2.24) is 0 Å². The molecule has 2 unspecified atom stereocenters. The molecule has 0 heterocycles. The van der Waals surface area contributed by atoms with Gasteiger partial charge in [0.1, 0.15) is 0 Å². The SMILES string of the molecule is C[C@@]12CCCC(CC3CC[C@@](C)(CCC1)C3)C2. The van der Waals surface area contributed by atoms with E-state index in [0.717, 1.165) is 22.7 Å². The van der Waals surface area contributed by atoms with Crippen LogP contribution in [0.2, 0.25) is 0 Å². The third-order valence-electron chi connectivity index (χ3n) is 6.34. The van der Waals surface area contributed by atoms with Gasteiger partial charge in [0.15, 0.2) is 0 Å². The minimum Gasteiger partial charge on any atom is -0.0596 e. The summed E-state index contributed by atoms with van der Waals surface area (Å²) in [7, 11) is 0. The summed E-state index contributed by atoms with van der Waals surface area (Å²) in [5.41, 5.74) is 1.45. The van der Waals surface area contributed by atoms with Crippen molar-refractivity contribution < 1.29 is 0 Å². The molecule has 4 bridgehead atoms. The molecule has 98 valence electrons. The van der Waals surface area contributed by atoms with Crippen molar-refractivity contribution >= 4 is 0 Å². The highest BCUT2D eigenvalue weighted by atomic mass is 14.5. The standard InChI is InChI=1S/C17H30/c1-16-7-3-5-14(12-16)11-15-6-10-17(2,13-15)9-4-8-16/h14-15H,3-13H2,1-2H3/t14?,15?,16-,17-/m1/s1. The van der Waals surface area contributed by atoms with Crippen LogP contribution in [0.5, 0.6) is 0 Å². The van der Waals surface area contributed by atoms with E-state index in [-0.39, 0.29) is 0 Å². The predicted octanol–water partition coefficient (Wildman–Crippen LogP) is 5.56. The first kappa shape index (κ1) is 12.1. The van der Waals surface area contributed by atoms with Crippen LogP contribution in [0.1, 0.15) is 84.5 Å². The average Bonchev–Trinajstić information content (AvgIpc) is 2.59. The molecule has 3 rings (SSSR count). The van der Waals surface area contributed by atoms with Crippen molar-refractivity contribution in [2.24, 2.45) is 22.7 Å². The molecule has 0 saturated heterocycles. The highest BCUT2D eigenvalue weighted by Gasteiger charge is 2.40. The maximum Gasteiger partial charge on any atom is -0.0323 e. The second kappa shape index (κ2) is 4.28. The van der Waals surface area contributed by atoms with Crippen molar-refractivity contribution in [2.45, 2.75) is 84.5 Å². The van der Waals surface area contributed by atoms with Crippen LogP contribution in [0.25, 0.3) is 0 Å². The minimum absolute atomic E-state index is 0.718.